The van der Waals surface area contributed by atoms with Gasteiger partial charge in [-0.15, -0.1) is 11.3 Å². The van der Waals surface area contributed by atoms with Crippen molar-refractivity contribution in [2.75, 3.05) is 5.32 Å². The molecule has 2 N–H and O–H groups in total. The van der Waals surface area contributed by atoms with Crippen LogP contribution in [0.5, 0.6) is 0 Å². The van der Waals surface area contributed by atoms with Crippen molar-refractivity contribution < 1.29 is 14.0 Å². The minimum Gasteiger partial charge on any atom is -0.345 e. The van der Waals surface area contributed by atoms with Crippen LogP contribution in [-0.2, 0) is 4.79 Å². The van der Waals surface area contributed by atoms with Crippen LogP contribution < -0.4 is 10.6 Å². The van der Waals surface area contributed by atoms with Gasteiger partial charge in [0.25, 0.3) is 5.91 Å². The van der Waals surface area contributed by atoms with Gasteiger partial charge in [-0.2, -0.15) is 0 Å². The molecule has 3 aromatic rings. The molecule has 1 heterocycles. The third kappa shape index (κ3) is 4.54. The number of hydrogen-bond donors (Lipinski definition) is 2. The molecular weight excluding hydrogens is 387 g/mol. The minimum atomic E-state index is -0.305. The van der Waals surface area contributed by atoms with Gasteiger partial charge in [0, 0.05) is 17.2 Å². The number of hydrogen-bond acceptors (Lipinski definition) is 3. The van der Waals surface area contributed by atoms with Crippen LogP contribution in [0.4, 0.5) is 10.1 Å². The summed E-state index contributed by atoms with van der Waals surface area (Å²) >= 11 is 1.36. The van der Waals surface area contributed by atoms with Gasteiger partial charge < -0.3 is 10.6 Å². The van der Waals surface area contributed by atoms with Gasteiger partial charge in [0.15, 0.2) is 0 Å². The lowest BCUT2D eigenvalue weighted by Crippen LogP contribution is -2.26. The normalized spacial score (nSPS) is 14.3. The Bertz CT molecular complexity index is 1020. The van der Waals surface area contributed by atoms with Crippen LogP contribution in [0.25, 0.3) is 11.1 Å². The molecule has 0 aliphatic heterocycles. The van der Waals surface area contributed by atoms with E-state index in [0.29, 0.717) is 4.88 Å². The van der Waals surface area contributed by atoms with Gasteiger partial charge in [-0.1, -0.05) is 24.3 Å². The highest BCUT2D eigenvalue weighted by atomic mass is 32.1. The van der Waals surface area contributed by atoms with Gasteiger partial charge in [0.2, 0.25) is 5.91 Å². The summed E-state index contributed by atoms with van der Waals surface area (Å²) in [7, 11) is 0. The Morgan fingerprint density at radius 3 is 2.38 bits per heavy atom. The first-order valence-corrected chi connectivity index (χ1v) is 10.4. The van der Waals surface area contributed by atoms with E-state index in [4.69, 9.17) is 0 Å². The molecule has 1 atom stereocenters. The van der Waals surface area contributed by atoms with Crippen molar-refractivity contribution in [1.82, 2.24) is 5.32 Å². The summed E-state index contributed by atoms with van der Waals surface area (Å²) in [6, 6.07) is 15.3. The number of carbonyl (C=O) groups is 2. The van der Waals surface area contributed by atoms with Crippen molar-refractivity contribution in [2.45, 2.75) is 25.8 Å². The molecule has 0 unspecified atom stereocenters. The summed E-state index contributed by atoms with van der Waals surface area (Å²) in [6.45, 7) is 1.92. The van der Waals surface area contributed by atoms with Crippen LogP contribution in [0, 0.1) is 11.7 Å². The molecule has 29 heavy (non-hydrogen) atoms. The second-order valence-electron chi connectivity index (χ2n) is 7.25. The molecule has 4 rings (SSSR count). The van der Waals surface area contributed by atoms with E-state index in [9.17, 15) is 14.0 Å². The van der Waals surface area contributed by atoms with Crippen molar-refractivity contribution in [3.63, 3.8) is 0 Å². The topological polar surface area (TPSA) is 58.2 Å². The molecule has 2 aromatic carbocycles. The second-order valence-corrected chi connectivity index (χ2v) is 8.17. The first kappa shape index (κ1) is 19.3. The van der Waals surface area contributed by atoms with E-state index in [1.165, 1.54) is 23.5 Å². The van der Waals surface area contributed by atoms with Crippen molar-refractivity contribution >= 4 is 28.8 Å². The van der Waals surface area contributed by atoms with Gasteiger partial charge in [-0.3, -0.25) is 9.59 Å². The quantitative estimate of drug-likeness (QED) is 0.574. The highest BCUT2D eigenvalue weighted by Gasteiger charge is 2.29. The highest BCUT2D eigenvalue weighted by molar-refractivity contribution is 7.12. The van der Waals surface area contributed by atoms with E-state index in [-0.39, 0.29) is 29.6 Å². The monoisotopic (exact) mass is 408 g/mol. The summed E-state index contributed by atoms with van der Waals surface area (Å²) < 4.78 is 13.2. The van der Waals surface area contributed by atoms with Gasteiger partial charge in [-0.05, 0) is 66.6 Å². The average Bonchev–Trinajstić information content (AvgIpc) is 3.46. The van der Waals surface area contributed by atoms with E-state index < -0.39 is 0 Å². The predicted octanol–water partition coefficient (Wildman–Crippen LogP) is 5.39. The first-order valence-electron chi connectivity index (χ1n) is 9.56. The zero-order valence-corrected chi connectivity index (χ0v) is 16.8. The van der Waals surface area contributed by atoms with E-state index in [1.807, 2.05) is 42.6 Å². The molecule has 4 nitrogen and oxygen atoms in total. The molecule has 0 saturated heterocycles. The summed E-state index contributed by atoms with van der Waals surface area (Å²) in [5, 5.41) is 7.79. The number of carbonyl (C=O) groups excluding carboxylic acids is 2. The van der Waals surface area contributed by atoms with E-state index in [0.717, 1.165) is 35.2 Å². The number of halogens is 1. The summed E-state index contributed by atoms with van der Waals surface area (Å²) in [6.07, 6.45) is 1.94. The van der Waals surface area contributed by atoms with Crippen LogP contribution >= 0.6 is 11.3 Å². The summed E-state index contributed by atoms with van der Waals surface area (Å²) in [4.78, 5) is 25.3. The van der Waals surface area contributed by atoms with E-state index in [2.05, 4.69) is 10.6 Å². The number of nitrogens with one attached hydrogen (secondary N) is 2. The Balaban J connectivity index is 1.42. The van der Waals surface area contributed by atoms with Crippen molar-refractivity contribution in [3.8, 4) is 11.1 Å². The van der Waals surface area contributed by atoms with Crippen LogP contribution in [0.1, 0.15) is 41.0 Å². The standard InChI is InChI=1S/C23H21FN2O2S/c1-14(15-6-10-19(11-7-15)26-22(27)17-2-3-17)25-23(28)21-20(12-13-29-21)16-4-8-18(24)9-5-16/h4-14,17H,2-3H2,1H3,(H,25,28)(H,26,27)/t14-/m0/s1. The summed E-state index contributed by atoms with van der Waals surface area (Å²) in [5.41, 5.74) is 3.31. The largest absolute Gasteiger partial charge is 0.345 e. The molecule has 0 bridgehead atoms. The molecule has 1 fully saturated rings. The van der Waals surface area contributed by atoms with Gasteiger partial charge in [0.05, 0.1) is 10.9 Å². The molecule has 1 aliphatic carbocycles. The Hall–Kier alpha value is -2.99. The molecule has 6 heteroatoms. The molecule has 0 spiro atoms. The number of benzene rings is 2. The predicted molar refractivity (Wildman–Crippen MR) is 113 cm³/mol. The van der Waals surface area contributed by atoms with Crippen molar-refractivity contribution in [1.29, 1.82) is 0 Å². The molecule has 1 aromatic heterocycles. The van der Waals surface area contributed by atoms with Crippen molar-refractivity contribution in [2.24, 2.45) is 5.92 Å². The van der Waals surface area contributed by atoms with Gasteiger partial charge in [0.1, 0.15) is 5.82 Å². The third-order valence-electron chi connectivity index (χ3n) is 5.00. The van der Waals surface area contributed by atoms with Crippen LogP contribution in [-0.4, -0.2) is 11.8 Å². The first-order chi connectivity index (χ1) is 14.0. The van der Waals surface area contributed by atoms with Gasteiger partial charge in [-0.25, -0.2) is 4.39 Å². The SMILES string of the molecule is C[C@H](NC(=O)c1sccc1-c1ccc(F)cc1)c1ccc(NC(=O)C2CC2)cc1. The lowest BCUT2D eigenvalue weighted by Gasteiger charge is -2.15. The molecule has 0 radical (unpaired) electrons. The fourth-order valence-electron chi connectivity index (χ4n) is 3.13. The van der Waals surface area contributed by atoms with Crippen molar-refractivity contribution in [3.05, 3.63) is 76.2 Å². The average molecular weight is 408 g/mol. The van der Waals surface area contributed by atoms with Crippen LogP contribution in [0.3, 0.4) is 0 Å². The molecule has 2 amide bonds. The van der Waals surface area contributed by atoms with E-state index in [1.54, 1.807) is 12.1 Å². The Morgan fingerprint density at radius 1 is 1.03 bits per heavy atom. The summed E-state index contributed by atoms with van der Waals surface area (Å²) in [5.74, 6) is -0.239. The zero-order chi connectivity index (χ0) is 20.4. The number of amides is 2. The van der Waals surface area contributed by atoms with Crippen LogP contribution in [0.15, 0.2) is 60.0 Å². The minimum absolute atomic E-state index is 0.0742. The highest BCUT2D eigenvalue weighted by Crippen LogP contribution is 2.31. The second kappa shape index (κ2) is 8.17. The molecular formula is C23H21FN2O2S. The zero-order valence-electron chi connectivity index (χ0n) is 15.9. The Labute approximate surface area is 172 Å². The number of thiophene rings is 1. The smallest absolute Gasteiger partial charge is 0.262 e. The number of rotatable bonds is 6. The van der Waals surface area contributed by atoms with Crippen LogP contribution in [0.2, 0.25) is 0 Å². The maximum Gasteiger partial charge on any atom is 0.262 e. The molecule has 1 saturated carbocycles. The fraction of sp³-hybridized carbons (Fsp3) is 0.217. The maximum absolute atomic E-state index is 13.2. The fourth-order valence-corrected chi connectivity index (χ4v) is 3.95. The molecule has 148 valence electrons. The molecule has 1 aliphatic rings. The Morgan fingerprint density at radius 2 is 1.72 bits per heavy atom. The van der Waals surface area contributed by atoms with Gasteiger partial charge >= 0.3 is 0 Å². The number of anilines is 1. The third-order valence-corrected chi connectivity index (χ3v) is 5.91. The lowest BCUT2D eigenvalue weighted by molar-refractivity contribution is -0.117. The van der Waals surface area contributed by atoms with E-state index >= 15 is 0 Å². The Kier molecular flexibility index (Phi) is 5.45. The lowest BCUT2D eigenvalue weighted by atomic mass is 10.1. The maximum atomic E-state index is 13.2.